The molecule has 1 fully saturated rings. The van der Waals surface area contributed by atoms with Crippen molar-refractivity contribution in [3.8, 4) is 0 Å². The lowest BCUT2D eigenvalue weighted by Gasteiger charge is -2.26. The Labute approximate surface area is 102 Å². The number of nitrogens with two attached hydrogens (primary N) is 1. The van der Waals surface area contributed by atoms with Gasteiger partial charge in [-0.05, 0) is 12.8 Å². The molecule has 0 spiro atoms. The summed E-state index contributed by atoms with van der Waals surface area (Å²) in [6.07, 6.45) is 10.1. The first-order valence-corrected chi connectivity index (χ1v) is 7.00. The van der Waals surface area contributed by atoms with E-state index in [-0.39, 0.29) is 0 Å². The first-order valence-electron chi connectivity index (χ1n) is 6.19. The van der Waals surface area contributed by atoms with Gasteiger partial charge in [0.25, 0.3) is 0 Å². The molecule has 0 unspecified atom stereocenters. The van der Waals surface area contributed by atoms with Crippen LogP contribution in [0.2, 0.25) is 0 Å². The maximum absolute atomic E-state index is 5.62. The van der Waals surface area contributed by atoms with Gasteiger partial charge in [-0.1, -0.05) is 25.7 Å². The Morgan fingerprint density at radius 3 is 2.62 bits per heavy atom. The van der Waals surface area contributed by atoms with E-state index in [1.54, 1.807) is 11.3 Å². The molecule has 0 aromatic carbocycles. The molecule has 1 saturated carbocycles. The smallest absolute Gasteiger partial charge is 0.185 e. The van der Waals surface area contributed by atoms with Gasteiger partial charge in [-0.2, -0.15) is 0 Å². The fourth-order valence-electron chi connectivity index (χ4n) is 2.36. The molecular weight excluding hydrogens is 218 g/mol. The Bertz CT molecular complexity index is 316. The largest absolute Gasteiger partial charge is 0.348 e. The third-order valence-electron chi connectivity index (χ3n) is 3.42. The Balaban J connectivity index is 2.01. The van der Waals surface area contributed by atoms with Crippen molar-refractivity contribution in [3.05, 3.63) is 11.1 Å². The highest BCUT2D eigenvalue weighted by Crippen LogP contribution is 2.28. The average Bonchev–Trinajstić information content (AvgIpc) is 2.62. The average molecular weight is 239 g/mol. The van der Waals surface area contributed by atoms with Crippen LogP contribution in [0.15, 0.2) is 6.20 Å². The van der Waals surface area contributed by atoms with Crippen LogP contribution >= 0.6 is 11.3 Å². The molecule has 0 atom stereocenters. The van der Waals surface area contributed by atoms with Gasteiger partial charge in [0.15, 0.2) is 5.13 Å². The fraction of sp³-hybridized carbons (Fsp3) is 0.750. The van der Waals surface area contributed by atoms with Gasteiger partial charge in [0.2, 0.25) is 0 Å². The molecule has 16 heavy (non-hydrogen) atoms. The molecule has 0 radical (unpaired) electrons. The molecule has 0 bridgehead atoms. The minimum absolute atomic E-state index is 0.607. The van der Waals surface area contributed by atoms with Gasteiger partial charge in [-0.15, -0.1) is 11.3 Å². The molecular formula is C12H21N3S. The quantitative estimate of drug-likeness (QED) is 0.825. The fourth-order valence-corrected chi connectivity index (χ4v) is 3.18. The maximum Gasteiger partial charge on any atom is 0.185 e. The Morgan fingerprint density at radius 2 is 2.06 bits per heavy atom. The Morgan fingerprint density at radius 1 is 1.38 bits per heavy atom. The zero-order valence-electron chi connectivity index (χ0n) is 9.98. The monoisotopic (exact) mass is 239 g/mol. The lowest BCUT2D eigenvalue weighted by molar-refractivity contribution is 0.552. The molecule has 90 valence electrons. The molecule has 1 aromatic heterocycles. The molecule has 3 nitrogen and oxygen atoms in total. The van der Waals surface area contributed by atoms with Crippen LogP contribution in [0.1, 0.15) is 43.4 Å². The zero-order chi connectivity index (χ0) is 11.4. The minimum Gasteiger partial charge on any atom is -0.348 e. The van der Waals surface area contributed by atoms with Gasteiger partial charge in [-0.25, -0.2) is 4.98 Å². The first-order chi connectivity index (χ1) is 7.81. The second-order valence-electron chi connectivity index (χ2n) is 4.57. The lowest BCUT2D eigenvalue weighted by Crippen LogP contribution is -2.30. The van der Waals surface area contributed by atoms with Crippen LogP contribution in [0.3, 0.4) is 0 Å². The topological polar surface area (TPSA) is 42.2 Å². The molecule has 4 heteroatoms. The Kier molecular flexibility index (Phi) is 4.18. The maximum atomic E-state index is 5.62. The highest BCUT2D eigenvalue weighted by atomic mass is 32.1. The van der Waals surface area contributed by atoms with Gasteiger partial charge in [0.1, 0.15) is 0 Å². The van der Waals surface area contributed by atoms with E-state index in [1.807, 2.05) is 6.20 Å². The van der Waals surface area contributed by atoms with Crippen molar-refractivity contribution in [2.75, 3.05) is 11.9 Å². The highest BCUT2D eigenvalue weighted by molar-refractivity contribution is 7.15. The number of nitrogens with zero attached hydrogens (tertiary/aromatic N) is 2. The van der Waals surface area contributed by atoms with Crippen LogP contribution < -0.4 is 10.6 Å². The molecule has 2 rings (SSSR count). The number of hydrogen-bond acceptors (Lipinski definition) is 4. The SMILES string of the molecule is CN(c1ncc(CN)s1)C1CCCCCC1. The third-order valence-corrected chi connectivity index (χ3v) is 4.53. The van der Waals surface area contributed by atoms with E-state index >= 15 is 0 Å². The van der Waals surface area contributed by atoms with Crippen LogP contribution in [0, 0.1) is 0 Å². The van der Waals surface area contributed by atoms with Crippen molar-refractivity contribution in [2.24, 2.45) is 5.73 Å². The van der Waals surface area contributed by atoms with Crippen molar-refractivity contribution in [2.45, 2.75) is 51.1 Å². The van der Waals surface area contributed by atoms with Crippen molar-refractivity contribution in [3.63, 3.8) is 0 Å². The summed E-state index contributed by atoms with van der Waals surface area (Å²) in [5, 5.41) is 1.13. The molecule has 1 aliphatic carbocycles. The summed E-state index contributed by atoms with van der Waals surface area (Å²) in [5.41, 5.74) is 5.62. The summed E-state index contributed by atoms with van der Waals surface area (Å²) in [6, 6.07) is 0.680. The number of rotatable bonds is 3. The molecule has 1 heterocycles. The van der Waals surface area contributed by atoms with Crippen LogP contribution in [-0.4, -0.2) is 18.1 Å². The first kappa shape index (κ1) is 11.9. The van der Waals surface area contributed by atoms with Crippen LogP contribution in [0.5, 0.6) is 0 Å². The van der Waals surface area contributed by atoms with E-state index in [4.69, 9.17) is 5.73 Å². The van der Waals surface area contributed by atoms with Crippen LogP contribution in [0.25, 0.3) is 0 Å². The Hall–Kier alpha value is -0.610. The summed E-state index contributed by atoms with van der Waals surface area (Å²) >= 11 is 1.73. The highest BCUT2D eigenvalue weighted by Gasteiger charge is 2.19. The summed E-state index contributed by atoms with van der Waals surface area (Å²) in [7, 11) is 2.18. The molecule has 0 aliphatic heterocycles. The summed E-state index contributed by atoms with van der Waals surface area (Å²) in [4.78, 5) is 7.99. The third kappa shape index (κ3) is 2.74. The zero-order valence-corrected chi connectivity index (χ0v) is 10.8. The standard InChI is InChI=1S/C12H21N3S/c1-15(10-6-4-2-3-5-7-10)12-14-9-11(8-13)16-12/h9-10H,2-8,13H2,1H3. The van der Waals surface area contributed by atoms with Crippen molar-refractivity contribution < 1.29 is 0 Å². The van der Waals surface area contributed by atoms with Crippen molar-refractivity contribution in [1.82, 2.24) is 4.98 Å². The number of hydrogen-bond donors (Lipinski definition) is 1. The van der Waals surface area contributed by atoms with E-state index < -0.39 is 0 Å². The van der Waals surface area contributed by atoms with E-state index in [9.17, 15) is 0 Å². The number of aromatic nitrogens is 1. The van der Waals surface area contributed by atoms with Crippen molar-refractivity contribution in [1.29, 1.82) is 0 Å². The second kappa shape index (κ2) is 5.64. The number of thiazole rings is 1. The minimum atomic E-state index is 0.607. The predicted octanol–water partition coefficient (Wildman–Crippen LogP) is 2.76. The molecule has 2 N–H and O–H groups in total. The van der Waals surface area contributed by atoms with Gasteiger partial charge >= 0.3 is 0 Å². The summed E-state index contributed by atoms with van der Waals surface area (Å²) < 4.78 is 0. The molecule has 1 aliphatic rings. The van der Waals surface area contributed by atoms with Gasteiger partial charge in [0.05, 0.1) is 0 Å². The van der Waals surface area contributed by atoms with Gasteiger partial charge in [-0.3, -0.25) is 0 Å². The normalized spacial score (nSPS) is 18.4. The summed E-state index contributed by atoms with van der Waals surface area (Å²) in [5.74, 6) is 0. The molecule has 1 aromatic rings. The van der Waals surface area contributed by atoms with E-state index in [2.05, 4.69) is 16.9 Å². The summed E-state index contributed by atoms with van der Waals surface area (Å²) in [6.45, 7) is 0.607. The lowest BCUT2D eigenvalue weighted by atomic mass is 10.1. The van der Waals surface area contributed by atoms with E-state index in [1.165, 1.54) is 43.4 Å². The van der Waals surface area contributed by atoms with Crippen LogP contribution in [0.4, 0.5) is 5.13 Å². The molecule has 0 saturated heterocycles. The van der Waals surface area contributed by atoms with E-state index in [0.717, 1.165) is 5.13 Å². The molecule has 0 amide bonds. The predicted molar refractivity (Wildman–Crippen MR) is 69.9 cm³/mol. The van der Waals surface area contributed by atoms with Gasteiger partial charge in [0, 0.05) is 30.7 Å². The van der Waals surface area contributed by atoms with Crippen molar-refractivity contribution >= 4 is 16.5 Å². The van der Waals surface area contributed by atoms with Crippen LogP contribution in [-0.2, 0) is 6.54 Å². The number of anilines is 1. The second-order valence-corrected chi connectivity index (χ2v) is 5.66. The van der Waals surface area contributed by atoms with E-state index in [0.29, 0.717) is 12.6 Å². The van der Waals surface area contributed by atoms with Gasteiger partial charge < -0.3 is 10.6 Å².